The summed E-state index contributed by atoms with van der Waals surface area (Å²) in [5.74, 6) is 0. The summed E-state index contributed by atoms with van der Waals surface area (Å²) in [5.41, 5.74) is 2.77. The molecule has 0 saturated carbocycles. The maximum atomic E-state index is 4.27. The quantitative estimate of drug-likeness (QED) is 0.734. The van der Waals surface area contributed by atoms with Gasteiger partial charge in [0.1, 0.15) is 5.52 Å². The fourth-order valence-corrected chi connectivity index (χ4v) is 1.50. The summed E-state index contributed by atoms with van der Waals surface area (Å²) in [4.78, 5) is 11.6. The monoisotopic (exact) mass is 259 g/mol. The van der Waals surface area contributed by atoms with Crippen molar-refractivity contribution in [3.63, 3.8) is 0 Å². The van der Waals surface area contributed by atoms with Gasteiger partial charge in [-0.3, -0.25) is 0 Å². The van der Waals surface area contributed by atoms with E-state index in [1.54, 1.807) is 6.20 Å². The molecule has 11 heavy (non-hydrogen) atoms. The number of halogens is 1. The predicted molar refractivity (Wildman–Crippen MR) is 51.3 cm³/mol. The molecule has 56 valence electrons. The van der Waals surface area contributed by atoms with Crippen LogP contribution in [0.25, 0.3) is 11.2 Å². The SMILES string of the molecule is Cc1cnc2c(I)c[nH]c2n1. The third-order valence-corrected chi connectivity index (χ3v) is 2.28. The van der Waals surface area contributed by atoms with E-state index in [4.69, 9.17) is 0 Å². The number of aryl methyl sites for hydroxylation is 1. The molecule has 0 aromatic carbocycles. The second-order valence-electron chi connectivity index (χ2n) is 2.35. The molecule has 0 amide bonds. The first-order valence-electron chi connectivity index (χ1n) is 3.23. The van der Waals surface area contributed by atoms with Gasteiger partial charge >= 0.3 is 0 Å². The lowest BCUT2D eigenvalue weighted by atomic mass is 10.5. The lowest BCUT2D eigenvalue weighted by Crippen LogP contribution is -1.84. The highest BCUT2D eigenvalue weighted by Gasteiger charge is 2.01. The average Bonchev–Trinajstić information content (AvgIpc) is 2.32. The number of rotatable bonds is 0. The Morgan fingerprint density at radius 3 is 3.18 bits per heavy atom. The molecular formula is C7H6IN3. The van der Waals surface area contributed by atoms with Crippen LogP contribution >= 0.6 is 22.6 Å². The van der Waals surface area contributed by atoms with Crippen molar-refractivity contribution in [2.45, 2.75) is 6.92 Å². The van der Waals surface area contributed by atoms with Crippen LogP contribution in [0.15, 0.2) is 12.4 Å². The Balaban J connectivity index is 2.86. The van der Waals surface area contributed by atoms with Crippen molar-refractivity contribution in [2.24, 2.45) is 0 Å². The molecule has 0 atom stereocenters. The van der Waals surface area contributed by atoms with Gasteiger partial charge in [0.25, 0.3) is 0 Å². The van der Waals surface area contributed by atoms with E-state index in [0.29, 0.717) is 0 Å². The molecule has 0 spiro atoms. The summed E-state index contributed by atoms with van der Waals surface area (Å²) < 4.78 is 1.12. The van der Waals surface area contributed by atoms with Crippen LogP contribution in [-0.2, 0) is 0 Å². The Morgan fingerprint density at radius 1 is 1.55 bits per heavy atom. The van der Waals surface area contributed by atoms with Crippen LogP contribution in [0.4, 0.5) is 0 Å². The third kappa shape index (κ3) is 1.11. The van der Waals surface area contributed by atoms with Crippen LogP contribution in [0.1, 0.15) is 5.69 Å². The van der Waals surface area contributed by atoms with Gasteiger partial charge in [-0.15, -0.1) is 0 Å². The molecule has 2 aromatic heterocycles. The zero-order valence-electron chi connectivity index (χ0n) is 5.93. The molecule has 0 radical (unpaired) electrons. The second-order valence-corrected chi connectivity index (χ2v) is 3.51. The number of aromatic amines is 1. The number of nitrogens with zero attached hydrogens (tertiary/aromatic N) is 2. The summed E-state index contributed by atoms with van der Waals surface area (Å²) in [5, 5.41) is 0. The van der Waals surface area contributed by atoms with E-state index in [1.165, 1.54) is 0 Å². The van der Waals surface area contributed by atoms with Gasteiger partial charge in [0.2, 0.25) is 0 Å². The number of aromatic nitrogens is 3. The first kappa shape index (κ1) is 7.02. The van der Waals surface area contributed by atoms with Crippen LogP contribution in [0.3, 0.4) is 0 Å². The van der Waals surface area contributed by atoms with Gasteiger partial charge in [0.15, 0.2) is 5.65 Å². The van der Waals surface area contributed by atoms with Crippen LogP contribution < -0.4 is 0 Å². The van der Waals surface area contributed by atoms with Crippen molar-refractivity contribution in [3.8, 4) is 0 Å². The minimum absolute atomic E-state index is 0.870. The zero-order chi connectivity index (χ0) is 7.84. The smallest absolute Gasteiger partial charge is 0.157 e. The van der Waals surface area contributed by atoms with Gasteiger partial charge < -0.3 is 4.98 Å². The summed E-state index contributed by atoms with van der Waals surface area (Å²) in [6.07, 6.45) is 3.68. The number of hydrogen-bond acceptors (Lipinski definition) is 2. The molecule has 0 aliphatic carbocycles. The zero-order valence-corrected chi connectivity index (χ0v) is 8.08. The average molecular weight is 259 g/mol. The van der Waals surface area contributed by atoms with Crippen molar-refractivity contribution >= 4 is 33.8 Å². The van der Waals surface area contributed by atoms with E-state index < -0.39 is 0 Å². The molecule has 0 bridgehead atoms. The Morgan fingerprint density at radius 2 is 2.36 bits per heavy atom. The first-order valence-corrected chi connectivity index (χ1v) is 4.31. The third-order valence-electron chi connectivity index (χ3n) is 1.45. The summed E-state index contributed by atoms with van der Waals surface area (Å²) in [7, 11) is 0. The Hall–Kier alpha value is -0.650. The molecule has 0 saturated heterocycles. The lowest BCUT2D eigenvalue weighted by molar-refractivity contribution is 1.17. The summed E-state index contributed by atoms with van der Waals surface area (Å²) in [6.45, 7) is 1.93. The topological polar surface area (TPSA) is 41.6 Å². The van der Waals surface area contributed by atoms with E-state index in [2.05, 4.69) is 37.5 Å². The second kappa shape index (κ2) is 2.44. The molecular weight excluding hydrogens is 253 g/mol. The molecule has 0 fully saturated rings. The standard InChI is InChI=1S/C7H6IN3/c1-4-2-9-6-5(8)3-10-7(6)11-4/h2-3H,1H3,(H,10,11). The number of H-pyrrole nitrogens is 1. The molecule has 3 nitrogen and oxygen atoms in total. The van der Waals surface area contributed by atoms with Crippen molar-refractivity contribution < 1.29 is 0 Å². The molecule has 2 rings (SSSR count). The summed E-state index contributed by atoms with van der Waals surface area (Å²) in [6, 6.07) is 0. The van der Waals surface area contributed by atoms with E-state index in [-0.39, 0.29) is 0 Å². The van der Waals surface area contributed by atoms with Gasteiger partial charge in [-0.05, 0) is 29.5 Å². The van der Waals surface area contributed by atoms with Gasteiger partial charge in [0, 0.05) is 12.4 Å². The summed E-state index contributed by atoms with van der Waals surface area (Å²) >= 11 is 2.23. The highest BCUT2D eigenvalue weighted by Crippen LogP contribution is 2.15. The first-order chi connectivity index (χ1) is 5.27. The van der Waals surface area contributed by atoms with Gasteiger partial charge in [-0.25, -0.2) is 9.97 Å². The van der Waals surface area contributed by atoms with Crippen molar-refractivity contribution in [1.82, 2.24) is 15.0 Å². The largest absolute Gasteiger partial charge is 0.344 e. The number of fused-ring (bicyclic) bond motifs is 1. The minimum Gasteiger partial charge on any atom is -0.344 e. The maximum Gasteiger partial charge on any atom is 0.157 e. The van der Waals surface area contributed by atoms with Gasteiger partial charge in [-0.2, -0.15) is 0 Å². The normalized spacial score (nSPS) is 10.7. The van der Waals surface area contributed by atoms with Crippen molar-refractivity contribution in [2.75, 3.05) is 0 Å². The lowest BCUT2D eigenvalue weighted by Gasteiger charge is -1.90. The Labute approximate surface area is 77.4 Å². The highest BCUT2D eigenvalue weighted by atomic mass is 127. The van der Waals surface area contributed by atoms with Crippen LogP contribution in [0, 0.1) is 10.5 Å². The van der Waals surface area contributed by atoms with E-state index >= 15 is 0 Å². The fourth-order valence-electron chi connectivity index (χ4n) is 0.953. The maximum absolute atomic E-state index is 4.27. The minimum atomic E-state index is 0.870. The van der Waals surface area contributed by atoms with E-state index in [1.807, 2.05) is 13.1 Å². The molecule has 1 N–H and O–H groups in total. The van der Waals surface area contributed by atoms with Crippen LogP contribution in [-0.4, -0.2) is 15.0 Å². The van der Waals surface area contributed by atoms with Gasteiger partial charge in [0.05, 0.1) is 9.26 Å². The highest BCUT2D eigenvalue weighted by molar-refractivity contribution is 14.1. The molecule has 4 heteroatoms. The molecule has 2 aromatic rings. The Kier molecular flexibility index (Phi) is 1.56. The van der Waals surface area contributed by atoms with Crippen LogP contribution in [0.2, 0.25) is 0 Å². The molecule has 0 aliphatic rings. The number of nitrogens with one attached hydrogen (secondary N) is 1. The van der Waals surface area contributed by atoms with Crippen molar-refractivity contribution in [3.05, 3.63) is 21.7 Å². The Bertz CT molecular complexity index is 393. The van der Waals surface area contributed by atoms with Crippen LogP contribution in [0.5, 0.6) is 0 Å². The van der Waals surface area contributed by atoms with Gasteiger partial charge in [-0.1, -0.05) is 0 Å². The fraction of sp³-hybridized carbons (Fsp3) is 0.143. The molecule has 2 heterocycles. The number of hydrogen-bond donors (Lipinski definition) is 1. The molecule has 0 aliphatic heterocycles. The predicted octanol–water partition coefficient (Wildman–Crippen LogP) is 1.87. The molecule has 0 unspecified atom stereocenters. The van der Waals surface area contributed by atoms with E-state index in [9.17, 15) is 0 Å². The van der Waals surface area contributed by atoms with Crippen molar-refractivity contribution in [1.29, 1.82) is 0 Å². The van der Waals surface area contributed by atoms with E-state index in [0.717, 1.165) is 20.4 Å².